The molecule has 27 heavy (non-hydrogen) atoms. The van der Waals surface area contributed by atoms with Gasteiger partial charge in [0, 0.05) is 18.6 Å². The lowest BCUT2D eigenvalue weighted by molar-refractivity contribution is -0.186. The molecular formula is C23H36O4. The van der Waals surface area contributed by atoms with Crippen molar-refractivity contribution in [1.82, 2.24) is 0 Å². The minimum Gasteiger partial charge on any atom is -0.456 e. The highest BCUT2D eigenvalue weighted by Crippen LogP contribution is 2.49. The first kappa shape index (κ1) is 21.7. The smallest absolute Gasteiger partial charge is 0.330 e. The summed E-state index contributed by atoms with van der Waals surface area (Å²) in [6, 6.07) is 0. The van der Waals surface area contributed by atoms with Gasteiger partial charge < -0.3 is 9.47 Å². The largest absolute Gasteiger partial charge is 0.456 e. The van der Waals surface area contributed by atoms with Crippen LogP contribution in [0.5, 0.6) is 0 Å². The monoisotopic (exact) mass is 376 g/mol. The normalized spacial score (nSPS) is 39.3. The quantitative estimate of drug-likeness (QED) is 0.471. The highest BCUT2D eigenvalue weighted by Gasteiger charge is 2.50. The zero-order valence-electron chi connectivity index (χ0n) is 17.5. The Bertz CT molecular complexity index is 533. The van der Waals surface area contributed by atoms with Gasteiger partial charge >= 0.3 is 11.9 Å². The van der Waals surface area contributed by atoms with Gasteiger partial charge in [-0.3, -0.25) is 0 Å². The summed E-state index contributed by atoms with van der Waals surface area (Å²) >= 11 is 0. The molecule has 2 fully saturated rings. The summed E-state index contributed by atoms with van der Waals surface area (Å²) in [6.07, 6.45) is 8.23. The Balaban J connectivity index is 2.34. The predicted molar refractivity (Wildman–Crippen MR) is 107 cm³/mol. The van der Waals surface area contributed by atoms with Crippen LogP contribution in [0.3, 0.4) is 0 Å². The molecule has 0 heterocycles. The van der Waals surface area contributed by atoms with Crippen LogP contribution in [-0.2, 0) is 19.1 Å². The second kappa shape index (κ2) is 8.62. The lowest BCUT2D eigenvalue weighted by Crippen LogP contribution is -2.52. The summed E-state index contributed by atoms with van der Waals surface area (Å²) in [7, 11) is 0. The van der Waals surface area contributed by atoms with Crippen molar-refractivity contribution in [2.45, 2.75) is 83.8 Å². The van der Waals surface area contributed by atoms with Gasteiger partial charge in [0.2, 0.25) is 0 Å². The fraction of sp³-hybridized carbons (Fsp3) is 0.739. The maximum Gasteiger partial charge on any atom is 0.330 e. The predicted octanol–water partition coefficient (Wildman–Crippen LogP) is 5.22. The number of hydrogen-bond donors (Lipinski definition) is 0. The van der Waals surface area contributed by atoms with Crippen LogP contribution < -0.4 is 0 Å². The van der Waals surface area contributed by atoms with E-state index in [2.05, 4.69) is 40.9 Å². The van der Waals surface area contributed by atoms with Crippen LogP contribution in [0.15, 0.2) is 25.3 Å². The second-order valence-corrected chi connectivity index (χ2v) is 9.19. The molecule has 0 aliphatic heterocycles. The van der Waals surface area contributed by atoms with Gasteiger partial charge in [-0.15, -0.1) is 0 Å². The van der Waals surface area contributed by atoms with E-state index >= 15 is 0 Å². The molecule has 0 bridgehead atoms. The van der Waals surface area contributed by atoms with Gasteiger partial charge in [0.25, 0.3) is 0 Å². The Morgan fingerprint density at radius 1 is 0.815 bits per heavy atom. The van der Waals surface area contributed by atoms with E-state index in [1.807, 2.05) is 0 Å². The number of carbonyl (C=O) groups is 2. The van der Waals surface area contributed by atoms with Gasteiger partial charge in [0.1, 0.15) is 11.2 Å². The number of rotatable bonds is 6. The molecule has 2 aliphatic carbocycles. The average molecular weight is 377 g/mol. The summed E-state index contributed by atoms with van der Waals surface area (Å²) in [4.78, 5) is 24.3. The third-order valence-electron chi connectivity index (χ3n) is 7.05. The summed E-state index contributed by atoms with van der Waals surface area (Å²) in [6.45, 7) is 16.1. The SMILES string of the molecule is C=CC(=O)OC1(CC2(OC(=O)C=C)CCC(C)C(C)C2)CCC(C)C(C)C1. The molecule has 0 aromatic carbocycles. The van der Waals surface area contributed by atoms with E-state index < -0.39 is 11.2 Å². The lowest BCUT2D eigenvalue weighted by atomic mass is 9.64. The second-order valence-electron chi connectivity index (χ2n) is 9.19. The van der Waals surface area contributed by atoms with Crippen molar-refractivity contribution in [1.29, 1.82) is 0 Å². The first-order chi connectivity index (χ1) is 12.6. The molecule has 2 aliphatic rings. The van der Waals surface area contributed by atoms with Gasteiger partial charge in [-0.1, -0.05) is 40.9 Å². The van der Waals surface area contributed by atoms with Crippen molar-refractivity contribution < 1.29 is 19.1 Å². The Kier molecular flexibility index (Phi) is 6.93. The molecule has 0 aromatic heterocycles. The van der Waals surface area contributed by atoms with E-state index in [0.29, 0.717) is 30.1 Å². The molecule has 4 nitrogen and oxygen atoms in total. The Morgan fingerprint density at radius 3 is 1.48 bits per heavy atom. The molecule has 6 unspecified atom stereocenters. The van der Waals surface area contributed by atoms with Gasteiger partial charge in [-0.2, -0.15) is 0 Å². The molecule has 2 saturated carbocycles. The van der Waals surface area contributed by atoms with Crippen molar-refractivity contribution in [3.8, 4) is 0 Å². The third kappa shape index (κ3) is 5.24. The number of esters is 2. The summed E-state index contributed by atoms with van der Waals surface area (Å²) in [5, 5.41) is 0. The molecular weight excluding hydrogens is 340 g/mol. The number of hydrogen-bond acceptors (Lipinski definition) is 4. The van der Waals surface area contributed by atoms with E-state index in [1.54, 1.807) is 0 Å². The van der Waals surface area contributed by atoms with Crippen LogP contribution in [-0.4, -0.2) is 23.1 Å². The van der Waals surface area contributed by atoms with Gasteiger partial charge in [-0.25, -0.2) is 9.59 Å². The van der Waals surface area contributed by atoms with E-state index in [1.165, 1.54) is 12.2 Å². The fourth-order valence-electron chi connectivity index (χ4n) is 5.01. The Labute approximate surface area is 164 Å². The summed E-state index contributed by atoms with van der Waals surface area (Å²) in [5.74, 6) is 1.31. The molecule has 0 amide bonds. The molecule has 6 atom stereocenters. The molecule has 4 heteroatoms. The van der Waals surface area contributed by atoms with Gasteiger partial charge in [-0.05, 0) is 62.2 Å². The number of carbonyl (C=O) groups excluding carboxylic acids is 2. The molecule has 0 radical (unpaired) electrons. The standard InChI is InChI=1S/C23H36O4/c1-7-20(24)26-22(11-9-16(3)18(5)13-22)15-23(27-21(25)8-2)12-10-17(4)19(6)14-23/h7-8,16-19H,1-2,9-15H2,3-6H3. The van der Waals surface area contributed by atoms with Gasteiger partial charge in [0.05, 0.1) is 0 Å². The van der Waals surface area contributed by atoms with Crippen LogP contribution in [0.25, 0.3) is 0 Å². The van der Waals surface area contributed by atoms with Crippen molar-refractivity contribution in [2.75, 3.05) is 0 Å². The van der Waals surface area contributed by atoms with Gasteiger partial charge in [0.15, 0.2) is 0 Å². The van der Waals surface area contributed by atoms with Crippen molar-refractivity contribution >= 4 is 11.9 Å². The van der Waals surface area contributed by atoms with Crippen LogP contribution >= 0.6 is 0 Å². The topological polar surface area (TPSA) is 52.6 Å². The van der Waals surface area contributed by atoms with E-state index in [4.69, 9.17) is 9.47 Å². The molecule has 0 saturated heterocycles. The Hall–Kier alpha value is -1.58. The average Bonchev–Trinajstić information content (AvgIpc) is 2.61. The first-order valence-electron chi connectivity index (χ1n) is 10.3. The molecule has 0 aromatic rings. The zero-order valence-corrected chi connectivity index (χ0v) is 17.5. The van der Waals surface area contributed by atoms with Crippen LogP contribution in [0.1, 0.15) is 72.6 Å². The van der Waals surface area contributed by atoms with Crippen LogP contribution in [0.2, 0.25) is 0 Å². The maximum absolute atomic E-state index is 12.2. The van der Waals surface area contributed by atoms with Crippen molar-refractivity contribution in [3.63, 3.8) is 0 Å². The number of ether oxygens (including phenoxy) is 2. The summed E-state index contributed by atoms with van der Waals surface area (Å²) < 4.78 is 12.0. The zero-order chi connectivity index (χ0) is 20.2. The van der Waals surface area contributed by atoms with E-state index in [0.717, 1.165) is 38.5 Å². The minimum atomic E-state index is -0.598. The molecule has 0 spiro atoms. The minimum absolute atomic E-state index is 0.390. The molecule has 2 rings (SSSR count). The third-order valence-corrected chi connectivity index (χ3v) is 7.05. The van der Waals surface area contributed by atoms with E-state index in [-0.39, 0.29) is 11.9 Å². The Morgan fingerprint density at radius 2 is 1.19 bits per heavy atom. The highest BCUT2D eigenvalue weighted by molar-refractivity contribution is 5.82. The highest BCUT2D eigenvalue weighted by atomic mass is 16.6. The van der Waals surface area contributed by atoms with Crippen LogP contribution in [0, 0.1) is 23.7 Å². The fourth-order valence-corrected chi connectivity index (χ4v) is 5.01. The van der Waals surface area contributed by atoms with Crippen molar-refractivity contribution in [3.05, 3.63) is 25.3 Å². The first-order valence-corrected chi connectivity index (χ1v) is 10.3. The lowest BCUT2D eigenvalue weighted by Gasteiger charge is -2.49. The molecule has 152 valence electrons. The summed E-state index contributed by atoms with van der Waals surface area (Å²) in [5.41, 5.74) is -1.20. The molecule has 0 N–H and O–H groups in total. The maximum atomic E-state index is 12.2. The van der Waals surface area contributed by atoms with E-state index in [9.17, 15) is 9.59 Å². The van der Waals surface area contributed by atoms with Crippen LogP contribution in [0.4, 0.5) is 0 Å². The van der Waals surface area contributed by atoms with Crippen molar-refractivity contribution in [2.24, 2.45) is 23.7 Å².